The van der Waals surface area contributed by atoms with E-state index in [4.69, 9.17) is 24.0 Å². The Morgan fingerprint density at radius 2 is 1.06 bits per heavy atom. The number of ether oxygens (including phenoxy) is 3. The molecule has 2 unspecified atom stereocenters. The number of carbonyl (C=O) groups excluding carboxylic acids is 2. The Morgan fingerprint density at radius 3 is 1.58 bits per heavy atom. The molecule has 1 fully saturated rings. The van der Waals surface area contributed by atoms with Gasteiger partial charge in [-0.15, -0.1) is 0 Å². The maximum Gasteiger partial charge on any atom is 0.469 e. The summed E-state index contributed by atoms with van der Waals surface area (Å²) in [5, 5.41) is 0. The van der Waals surface area contributed by atoms with Crippen molar-refractivity contribution in [2.24, 2.45) is 0 Å². The minimum absolute atomic E-state index is 0.112. The molecular formula is C43H67O9P. The summed E-state index contributed by atoms with van der Waals surface area (Å²) in [4.78, 5) is 42.8. The number of phosphoric ester groups is 1. The molecule has 53 heavy (non-hydrogen) atoms. The van der Waals surface area contributed by atoms with Crippen LogP contribution < -0.4 is 0 Å². The van der Waals surface area contributed by atoms with Gasteiger partial charge in [-0.1, -0.05) is 124 Å². The molecule has 1 rings (SSSR count). The summed E-state index contributed by atoms with van der Waals surface area (Å²) in [6, 6.07) is 0. The van der Waals surface area contributed by atoms with E-state index in [0.717, 1.165) is 57.8 Å². The SMILES string of the molecule is CC/C=C\C/C=C\C/C=C\C/C=C\C/C=C\CCCC(=O)OC[C@H](COP(=O)(O)O)OC(=O)CCC/C=C\C/C=C\CC1OC1C/C=C\CCCCC. The van der Waals surface area contributed by atoms with E-state index in [-0.39, 0.29) is 19.4 Å². The summed E-state index contributed by atoms with van der Waals surface area (Å²) in [7, 11) is -4.79. The number of unbranched alkanes of at least 4 members (excludes halogenated alkanes) is 5. The van der Waals surface area contributed by atoms with Gasteiger partial charge in [0.05, 0.1) is 18.8 Å². The number of esters is 2. The van der Waals surface area contributed by atoms with Crippen LogP contribution >= 0.6 is 7.82 Å². The van der Waals surface area contributed by atoms with Gasteiger partial charge in [0.15, 0.2) is 6.10 Å². The van der Waals surface area contributed by atoms with E-state index in [0.29, 0.717) is 37.9 Å². The standard InChI is InChI=1S/C43H67O9P/c1-3-5-7-9-11-12-13-14-15-16-17-18-19-20-23-27-31-35-42(44)49-37-39(38-50-53(46,47)48)51-43(45)36-32-28-24-21-22-26-30-34-41-40(52-41)33-29-25-10-8-6-4-2/h5,7,11-12,14-15,17-18,20-21,23-26,29-30,39-41H,3-4,6,8-10,13,16,19,22,27-28,31-38H2,1-2H3,(H2,46,47,48)/b7-5-,12-11-,15-14-,18-17-,23-20-,24-21-,29-25-,30-26-/t39-,40?,41?/m1/s1. The van der Waals surface area contributed by atoms with Gasteiger partial charge in [-0.3, -0.25) is 14.1 Å². The molecule has 9 nitrogen and oxygen atoms in total. The van der Waals surface area contributed by atoms with Crippen molar-refractivity contribution in [1.29, 1.82) is 0 Å². The van der Waals surface area contributed by atoms with Crippen molar-refractivity contribution in [2.45, 2.75) is 148 Å². The molecule has 0 aromatic carbocycles. The van der Waals surface area contributed by atoms with E-state index < -0.39 is 32.5 Å². The van der Waals surface area contributed by atoms with E-state index in [9.17, 15) is 14.2 Å². The molecule has 1 heterocycles. The maximum absolute atomic E-state index is 12.4. The molecule has 0 saturated carbocycles. The first-order valence-corrected chi connectivity index (χ1v) is 21.2. The molecule has 3 atom stereocenters. The summed E-state index contributed by atoms with van der Waals surface area (Å²) in [6.45, 7) is 3.41. The number of carbonyl (C=O) groups is 2. The maximum atomic E-state index is 12.4. The van der Waals surface area contributed by atoms with E-state index in [1.165, 1.54) is 19.3 Å². The Bertz CT molecular complexity index is 1240. The fraction of sp³-hybridized carbons (Fsp3) is 0.581. The van der Waals surface area contributed by atoms with Crippen LogP contribution in [0.5, 0.6) is 0 Å². The van der Waals surface area contributed by atoms with Crippen LogP contribution in [0.15, 0.2) is 97.2 Å². The third-order valence-electron chi connectivity index (χ3n) is 7.99. The van der Waals surface area contributed by atoms with Crippen molar-refractivity contribution in [1.82, 2.24) is 0 Å². The molecule has 0 amide bonds. The number of phosphoric acid groups is 1. The zero-order valence-corrected chi connectivity index (χ0v) is 33.2. The number of allylic oxidation sites excluding steroid dienone is 14. The fourth-order valence-electron chi connectivity index (χ4n) is 4.97. The lowest BCUT2D eigenvalue weighted by Gasteiger charge is -2.18. The summed E-state index contributed by atoms with van der Waals surface area (Å²) in [5.74, 6) is -1.04. The lowest BCUT2D eigenvalue weighted by Crippen LogP contribution is -2.29. The van der Waals surface area contributed by atoms with Gasteiger partial charge in [-0.05, 0) is 89.9 Å². The summed E-state index contributed by atoms with van der Waals surface area (Å²) in [6.07, 6.45) is 48.8. The second-order valence-corrected chi connectivity index (χ2v) is 14.1. The normalized spacial score (nSPS) is 17.4. The third-order valence-corrected chi connectivity index (χ3v) is 8.47. The lowest BCUT2D eigenvalue weighted by molar-refractivity contribution is -0.161. The van der Waals surface area contributed by atoms with E-state index in [1.54, 1.807) is 0 Å². The van der Waals surface area contributed by atoms with Gasteiger partial charge in [-0.25, -0.2) is 4.57 Å². The Balaban J connectivity index is 2.19. The molecule has 1 aliphatic heterocycles. The molecule has 0 radical (unpaired) electrons. The van der Waals surface area contributed by atoms with E-state index in [1.807, 2.05) is 18.2 Å². The average molecular weight is 759 g/mol. The van der Waals surface area contributed by atoms with Gasteiger partial charge >= 0.3 is 19.8 Å². The van der Waals surface area contributed by atoms with Crippen molar-refractivity contribution >= 4 is 19.8 Å². The monoisotopic (exact) mass is 758 g/mol. The Morgan fingerprint density at radius 1 is 0.604 bits per heavy atom. The van der Waals surface area contributed by atoms with Crippen molar-refractivity contribution < 1.29 is 42.7 Å². The van der Waals surface area contributed by atoms with Crippen molar-refractivity contribution in [2.75, 3.05) is 13.2 Å². The van der Waals surface area contributed by atoms with Gasteiger partial charge < -0.3 is 24.0 Å². The van der Waals surface area contributed by atoms with E-state index in [2.05, 4.69) is 97.4 Å². The molecule has 1 saturated heterocycles. The van der Waals surface area contributed by atoms with E-state index >= 15 is 0 Å². The van der Waals surface area contributed by atoms with Crippen LogP contribution in [-0.4, -0.2) is 53.3 Å². The second-order valence-electron chi connectivity index (χ2n) is 12.9. The Hall–Kier alpha value is -3.07. The zero-order chi connectivity index (χ0) is 38.7. The summed E-state index contributed by atoms with van der Waals surface area (Å²) in [5.41, 5.74) is 0. The van der Waals surface area contributed by atoms with Crippen LogP contribution in [0.1, 0.15) is 129 Å². The third kappa shape index (κ3) is 33.3. The second kappa shape index (κ2) is 33.5. The molecule has 1 aliphatic rings. The largest absolute Gasteiger partial charge is 0.469 e. The highest BCUT2D eigenvalue weighted by atomic mass is 31.2. The topological polar surface area (TPSA) is 132 Å². The minimum atomic E-state index is -4.79. The highest BCUT2D eigenvalue weighted by molar-refractivity contribution is 7.46. The molecule has 0 aromatic heterocycles. The molecule has 0 spiro atoms. The first-order chi connectivity index (χ1) is 25.7. The highest BCUT2D eigenvalue weighted by Crippen LogP contribution is 2.36. The van der Waals surface area contributed by atoms with Crippen LogP contribution in [0.25, 0.3) is 0 Å². The fourth-order valence-corrected chi connectivity index (χ4v) is 5.33. The first kappa shape index (κ1) is 48.0. The van der Waals surface area contributed by atoms with Gasteiger partial charge in [0.25, 0.3) is 0 Å². The Kier molecular flexibility index (Phi) is 30.3. The molecule has 0 aliphatic carbocycles. The van der Waals surface area contributed by atoms with Gasteiger partial charge in [-0.2, -0.15) is 0 Å². The summed E-state index contributed by atoms with van der Waals surface area (Å²) >= 11 is 0. The van der Waals surface area contributed by atoms with Crippen molar-refractivity contribution in [3.8, 4) is 0 Å². The van der Waals surface area contributed by atoms with Gasteiger partial charge in [0.2, 0.25) is 0 Å². The number of epoxide rings is 1. The predicted molar refractivity (Wildman–Crippen MR) is 215 cm³/mol. The minimum Gasteiger partial charge on any atom is -0.462 e. The molecule has 298 valence electrons. The molecular weight excluding hydrogens is 691 g/mol. The van der Waals surface area contributed by atoms with Crippen LogP contribution in [-0.2, 0) is 32.9 Å². The smallest absolute Gasteiger partial charge is 0.462 e. The lowest BCUT2D eigenvalue weighted by atomic mass is 10.1. The first-order valence-electron chi connectivity index (χ1n) is 19.7. The van der Waals surface area contributed by atoms with Crippen LogP contribution in [0, 0.1) is 0 Å². The molecule has 10 heteroatoms. The number of hydrogen-bond donors (Lipinski definition) is 2. The predicted octanol–water partition coefficient (Wildman–Crippen LogP) is 10.8. The van der Waals surface area contributed by atoms with Crippen molar-refractivity contribution in [3.05, 3.63) is 97.2 Å². The number of rotatable bonds is 33. The molecule has 0 bridgehead atoms. The zero-order valence-electron chi connectivity index (χ0n) is 32.3. The molecule has 0 aromatic rings. The van der Waals surface area contributed by atoms with Crippen LogP contribution in [0.3, 0.4) is 0 Å². The Labute approximate surface area is 319 Å². The number of hydrogen-bond acceptors (Lipinski definition) is 7. The van der Waals surface area contributed by atoms with Crippen molar-refractivity contribution in [3.63, 3.8) is 0 Å². The highest BCUT2D eigenvalue weighted by Gasteiger charge is 2.36. The quantitative estimate of drug-likeness (QED) is 0.0221. The van der Waals surface area contributed by atoms with Crippen LogP contribution in [0.4, 0.5) is 0 Å². The molecule has 2 N–H and O–H groups in total. The van der Waals surface area contributed by atoms with Crippen LogP contribution in [0.2, 0.25) is 0 Å². The average Bonchev–Trinajstić information content (AvgIpc) is 3.88. The van der Waals surface area contributed by atoms with Gasteiger partial charge in [0.1, 0.15) is 6.61 Å². The summed E-state index contributed by atoms with van der Waals surface area (Å²) < 4.78 is 32.0. The van der Waals surface area contributed by atoms with Gasteiger partial charge in [0, 0.05) is 12.8 Å².